The average Bonchev–Trinajstić information content (AvgIpc) is 2.82. The molecule has 2 saturated carbocycles. The van der Waals surface area contributed by atoms with Crippen molar-refractivity contribution >= 4 is 23.8 Å². The van der Waals surface area contributed by atoms with Gasteiger partial charge in [0.25, 0.3) is 0 Å². The number of nitrogens with one attached hydrogen (secondary N) is 3. The van der Waals surface area contributed by atoms with Gasteiger partial charge in [0.05, 0.1) is 6.54 Å². The molecule has 0 aromatic carbocycles. The number of carboxylic acids is 1. The van der Waals surface area contributed by atoms with E-state index in [1.165, 1.54) is 19.3 Å². The van der Waals surface area contributed by atoms with Crippen molar-refractivity contribution in [3.05, 3.63) is 0 Å². The molecule has 0 aromatic rings. The number of carboxylic acid groups (broad SMARTS) is 1. The predicted octanol–water partition coefficient (Wildman–Crippen LogP) is 3.81. The number of aliphatic carboxylic acids is 1. The molecule has 4 N–H and O–H groups in total. The third kappa shape index (κ3) is 11.6. The van der Waals surface area contributed by atoms with E-state index in [4.69, 9.17) is 5.11 Å². The first-order valence-corrected chi connectivity index (χ1v) is 14.0. The molecule has 9 nitrogen and oxygen atoms in total. The summed E-state index contributed by atoms with van der Waals surface area (Å²) in [5.41, 5.74) is 0. The first kappa shape index (κ1) is 29.9. The van der Waals surface area contributed by atoms with Gasteiger partial charge in [-0.2, -0.15) is 0 Å². The Kier molecular flexibility index (Phi) is 13.1. The molecule has 2 aliphatic carbocycles. The molecule has 0 heterocycles. The van der Waals surface area contributed by atoms with E-state index >= 15 is 0 Å². The standard InChI is InChI=1S/C27H48N4O5/c1-19(2)16-17-31(25(33)10-6-7-11-26(34)35)18-24(32)28-21-12-14-22(15-13-21)29-27(36)30-23-9-5-4-8-20(23)3/h19-23H,4-18H2,1-3H3,(H,28,32)(H,34,35)(H2,29,30,36). The second-order valence-corrected chi connectivity index (χ2v) is 11.2. The van der Waals surface area contributed by atoms with Crippen molar-refractivity contribution in [2.75, 3.05) is 13.1 Å². The summed E-state index contributed by atoms with van der Waals surface area (Å²) in [6.07, 6.45) is 9.96. The maximum absolute atomic E-state index is 12.7. The molecule has 2 atom stereocenters. The van der Waals surface area contributed by atoms with Gasteiger partial charge in [0.1, 0.15) is 0 Å². The molecule has 0 bridgehead atoms. The zero-order chi connectivity index (χ0) is 26.5. The molecule has 0 aromatic heterocycles. The van der Waals surface area contributed by atoms with Crippen LogP contribution in [0.15, 0.2) is 0 Å². The van der Waals surface area contributed by atoms with E-state index in [0.29, 0.717) is 31.2 Å². The molecule has 206 valence electrons. The van der Waals surface area contributed by atoms with Crippen LogP contribution in [0.3, 0.4) is 0 Å². The topological polar surface area (TPSA) is 128 Å². The van der Waals surface area contributed by atoms with E-state index in [-0.39, 0.29) is 55.4 Å². The minimum Gasteiger partial charge on any atom is -0.481 e. The van der Waals surface area contributed by atoms with Gasteiger partial charge in [0.15, 0.2) is 0 Å². The van der Waals surface area contributed by atoms with Crippen LogP contribution in [0, 0.1) is 11.8 Å². The number of hydrogen-bond donors (Lipinski definition) is 4. The van der Waals surface area contributed by atoms with Crippen molar-refractivity contribution in [1.82, 2.24) is 20.9 Å². The Bertz CT molecular complexity index is 721. The molecule has 0 spiro atoms. The van der Waals surface area contributed by atoms with E-state index in [9.17, 15) is 19.2 Å². The fraction of sp³-hybridized carbons (Fsp3) is 0.852. The van der Waals surface area contributed by atoms with Crippen LogP contribution in [0.2, 0.25) is 0 Å². The first-order valence-electron chi connectivity index (χ1n) is 14.0. The number of carbonyl (C=O) groups is 4. The summed E-state index contributed by atoms with van der Waals surface area (Å²) in [4.78, 5) is 50.2. The smallest absolute Gasteiger partial charge is 0.315 e. The summed E-state index contributed by atoms with van der Waals surface area (Å²) in [5.74, 6) is -0.174. The second kappa shape index (κ2) is 15.7. The van der Waals surface area contributed by atoms with E-state index in [1.54, 1.807) is 4.90 Å². The van der Waals surface area contributed by atoms with E-state index in [2.05, 4.69) is 36.7 Å². The molecular formula is C27H48N4O5. The molecule has 4 amide bonds. The zero-order valence-electron chi connectivity index (χ0n) is 22.5. The molecule has 0 aliphatic heterocycles. The SMILES string of the molecule is CC(C)CCN(CC(=O)NC1CCC(NC(=O)NC2CCCCC2C)CC1)C(=O)CCCCC(=O)O. The van der Waals surface area contributed by atoms with E-state index < -0.39 is 5.97 Å². The predicted molar refractivity (Wildman–Crippen MR) is 139 cm³/mol. The molecular weight excluding hydrogens is 460 g/mol. The second-order valence-electron chi connectivity index (χ2n) is 11.2. The van der Waals surface area contributed by atoms with Crippen LogP contribution in [0.5, 0.6) is 0 Å². The summed E-state index contributed by atoms with van der Waals surface area (Å²) >= 11 is 0. The Morgan fingerprint density at radius 2 is 1.47 bits per heavy atom. The lowest BCUT2D eigenvalue weighted by Gasteiger charge is -2.33. The first-order chi connectivity index (χ1) is 17.1. The van der Waals surface area contributed by atoms with Crippen molar-refractivity contribution in [3.8, 4) is 0 Å². The molecule has 0 radical (unpaired) electrons. The third-order valence-corrected chi connectivity index (χ3v) is 7.55. The number of hydrogen-bond acceptors (Lipinski definition) is 4. The lowest BCUT2D eigenvalue weighted by Crippen LogP contribution is -2.51. The van der Waals surface area contributed by atoms with Crippen LogP contribution in [-0.2, 0) is 14.4 Å². The number of unbranched alkanes of at least 4 members (excludes halogenated alkanes) is 1. The lowest BCUT2D eigenvalue weighted by atomic mass is 9.86. The van der Waals surface area contributed by atoms with Crippen LogP contribution < -0.4 is 16.0 Å². The van der Waals surface area contributed by atoms with Crippen LogP contribution >= 0.6 is 0 Å². The zero-order valence-corrected chi connectivity index (χ0v) is 22.5. The average molecular weight is 509 g/mol. The lowest BCUT2D eigenvalue weighted by molar-refractivity contribution is -0.138. The van der Waals surface area contributed by atoms with Gasteiger partial charge in [-0.3, -0.25) is 14.4 Å². The van der Waals surface area contributed by atoms with Gasteiger partial charge in [-0.1, -0.05) is 33.6 Å². The van der Waals surface area contributed by atoms with Gasteiger partial charge < -0.3 is 26.0 Å². The minimum absolute atomic E-state index is 0.0324. The Hall–Kier alpha value is -2.32. The normalized spacial score (nSPS) is 24.1. The molecule has 36 heavy (non-hydrogen) atoms. The van der Waals surface area contributed by atoms with Gasteiger partial charge in [-0.25, -0.2) is 4.79 Å². The maximum Gasteiger partial charge on any atom is 0.315 e. The fourth-order valence-corrected chi connectivity index (χ4v) is 5.17. The summed E-state index contributed by atoms with van der Waals surface area (Å²) in [5, 5.41) is 18.1. The highest BCUT2D eigenvalue weighted by atomic mass is 16.4. The Labute approximate surface area is 216 Å². The number of nitrogens with zero attached hydrogens (tertiary/aromatic N) is 1. The third-order valence-electron chi connectivity index (χ3n) is 7.55. The van der Waals surface area contributed by atoms with Crippen molar-refractivity contribution in [1.29, 1.82) is 0 Å². The highest BCUT2D eigenvalue weighted by Gasteiger charge is 2.27. The van der Waals surface area contributed by atoms with Gasteiger partial charge >= 0.3 is 12.0 Å². The monoisotopic (exact) mass is 508 g/mol. The van der Waals surface area contributed by atoms with E-state index in [1.807, 2.05) is 0 Å². The minimum atomic E-state index is -0.858. The number of carbonyl (C=O) groups excluding carboxylic acids is 3. The van der Waals surface area contributed by atoms with E-state index in [0.717, 1.165) is 38.5 Å². The number of rotatable bonds is 13. The quantitative estimate of drug-likeness (QED) is 0.281. The Balaban J connectivity index is 1.72. The molecule has 2 unspecified atom stereocenters. The van der Waals surface area contributed by atoms with Crippen LogP contribution in [-0.4, -0.2) is 65.0 Å². The largest absolute Gasteiger partial charge is 0.481 e. The molecule has 0 saturated heterocycles. The molecule has 2 aliphatic rings. The summed E-state index contributed by atoms with van der Waals surface area (Å²) < 4.78 is 0. The Morgan fingerprint density at radius 3 is 2.08 bits per heavy atom. The number of amides is 4. The van der Waals surface area contributed by atoms with Gasteiger partial charge in [0, 0.05) is 37.5 Å². The molecule has 2 rings (SSSR count). The Morgan fingerprint density at radius 1 is 0.861 bits per heavy atom. The van der Waals surface area contributed by atoms with Crippen molar-refractivity contribution < 1.29 is 24.3 Å². The maximum atomic E-state index is 12.7. The molecule has 9 heteroatoms. The highest BCUT2D eigenvalue weighted by molar-refractivity contribution is 5.85. The summed E-state index contributed by atoms with van der Waals surface area (Å²) in [7, 11) is 0. The number of urea groups is 1. The van der Waals surface area contributed by atoms with Gasteiger partial charge in [-0.15, -0.1) is 0 Å². The van der Waals surface area contributed by atoms with Crippen LogP contribution in [0.4, 0.5) is 4.79 Å². The van der Waals surface area contributed by atoms with Crippen molar-refractivity contribution in [3.63, 3.8) is 0 Å². The van der Waals surface area contributed by atoms with Gasteiger partial charge in [0.2, 0.25) is 11.8 Å². The summed E-state index contributed by atoms with van der Waals surface area (Å²) in [6.45, 7) is 6.92. The van der Waals surface area contributed by atoms with Crippen molar-refractivity contribution in [2.45, 2.75) is 122 Å². The van der Waals surface area contributed by atoms with Crippen molar-refractivity contribution in [2.24, 2.45) is 11.8 Å². The summed E-state index contributed by atoms with van der Waals surface area (Å²) in [6, 6.07) is 0.346. The molecule has 2 fully saturated rings. The fourth-order valence-electron chi connectivity index (χ4n) is 5.17. The highest BCUT2D eigenvalue weighted by Crippen LogP contribution is 2.24. The van der Waals surface area contributed by atoms with Gasteiger partial charge in [-0.05, 0) is 69.6 Å². The van der Waals surface area contributed by atoms with Crippen LogP contribution in [0.1, 0.15) is 104 Å². The van der Waals surface area contributed by atoms with Crippen LogP contribution in [0.25, 0.3) is 0 Å².